The molecule has 7 rings (SSSR count). The fraction of sp³-hybridized carbons (Fsp3) is 0.0968. The summed E-state index contributed by atoms with van der Waals surface area (Å²) in [5.74, 6) is 0. The van der Waals surface area contributed by atoms with Crippen molar-refractivity contribution >= 4 is 22.3 Å². The minimum atomic E-state index is 1.00. The molecule has 0 amide bonds. The van der Waals surface area contributed by atoms with E-state index in [0.717, 1.165) is 19.3 Å². The van der Waals surface area contributed by atoms with Gasteiger partial charge in [0.1, 0.15) is 0 Å². The number of rotatable bonds is 0. The largest absolute Gasteiger partial charge is 0.0619 e. The Hall–Kier alpha value is -3.64. The minimum Gasteiger partial charge on any atom is -0.0619 e. The van der Waals surface area contributed by atoms with Crippen LogP contribution >= 0.6 is 0 Å². The molecular formula is C31H22. The van der Waals surface area contributed by atoms with Crippen molar-refractivity contribution in [3.05, 3.63) is 142 Å². The van der Waals surface area contributed by atoms with Crippen LogP contribution in [-0.4, -0.2) is 0 Å². The van der Waals surface area contributed by atoms with Gasteiger partial charge in [-0.1, -0.05) is 97.1 Å². The first kappa shape index (κ1) is 17.1. The molecule has 0 heterocycles. The highest BCUT2D eigenvalue weighted by Gasteiger charge is 2.34. The Morgan fingerprint density at radius 3 is 1.06 bits per heavy atom. The summed E-state index contributed by atoms with van der Waals surface area (Å²) < 4.78 is 0. The third-order valence-electron chi connectivity index (χ3n) is 7.23. The van der Waals surface area contributed by atoms with Gasteiger partial charge < -0.3 is 0 Å². The molecule has 0 aliphatic heterocycles. The van der Waals surface area contributed by atoms with Crippen LogP contribution in [0, 0.1) is 0 Å². The molecule has 3 aliphatic rings. The van der Waals surface area contributed by atoms with E-state index < -0.39 is 0 Å². The molecule has 0 saturated heterocycles. The molecule has 0 N–H and O–H groups in total. The fourth-order valence-electron chi connectivity index (χ4n) is 5.89. The second-order valence-corrected chi connectivity index (χ2v) is 8.87. The maximum Gasteiger partial charge on any atom is -0.0000895 e. The molecule has 146 valence electrons. The quantitative estimate of drug-likeness (QED) is 0.291. The van der Waals surface area contributed by atoms with Crippen molar-refractivity contribution in [1.29, 1.82) is 0 Å². The molecule has 0 aromatic heterocycles. The normalized spacial score (nSPS) is 15.7. The van der Waals surface area contributed by atoms with Gasteiger partial charge in [-0.15, -0.1) is 0 Å². The average molecular weight is 395 g/mol. The summed E-state index contributed by atoms with van der Waals surface area (Å²) in [5.41, 5.74) is 17.3. The van der Waals surface area contributed by atoms with Crippen LogP contribution in [-0.2, 0) is 12.8 Å². The smallest absolute Gasteiger partial charge is 0.0000895 e. The molecule has 4 aromatic rings. The summed E-state index contributed by atoms with van der Waals surface area (Å²) in [5, 5.41) is 0. The van der Waals surface area contributed by atoms with Gasteiger partial charge in [-0.3, -0.25) is 0 Å². The second kappa shape index (κ2) is 6.43. The number of allylic oxidation sites excluding steroid dienone is 4. The highest BCUT2D eigenvalue weighted by Crippen LogP contribution is 2.56. The standard InChI is InChI=1S/C31H22/c1-5-13-24-20(9-1)17-22-11-3-7-15-26(22)30-28(24)19-29-25-14-6-2-10-21(25)18-23-12-4-8-16-27(23)31(29)30/h1-16H,17-19H2. The fourth-order valence-corrected chi connectivity index (χ4v) is 5.89. The van der Waals surface area contributed by atoms with Crippen LogP contribution < -0.4 is 0 Å². The van der Waals surface area contributed by atoms with E-state index in [4.69, 9.17) is 0 Å². The lowest BCUT2D eigenvalue weighted by atomic mass is 9.87. The molecule has 0 saturated carbocycles. The molecule has 0 nitrogen and oxygen atoms in total. The Morgan fingerprint density at radius 2 is 0.645 bits per heavy atom. The monoisotopic (exact) mass is 394 g/mol. The van der Waals surface area contributed by atoms with E-state index >= 15 is 0 Å². The lowest BCUT2D eigenvalue weighted by molar-refractivity contribution is 1.17. The van der Waals surface area contributed by atoms with Gasteiger partial charge in [0.2, 0.25) is 0 Å². The molecular weight excluding hydrogens is 372 g/mol. The van der Waals surface area contributed by atoms with Gasteiger partial charge in [0.15, 0.2) is 0 Å². The number of hydrogen-bond donors (Lipinski definition) is 0. The second-order valence-electron chi connectivity index (χ2n) is 8.87. The number of benzene rings is 4. The van der Waals surface area contributed by atoms with Gasteiger partial charge in [-0.05, 0) is 86.1 Å². The van der Waals surface area contributed by atoms with Crippen molar-refractivity contribution in [2.75, 3.05) is 0 Å². The first-order valence-corrected chi connectivity index (χ1v) is 11.2. The molecule has 0 unspecified atom stereocenters. The van der Waals surface area contributed by atoms with Crippen LogP contribution in [0.1, 0.15) is 50.9 Å². The summed E-state index contributed by atoms with van der Waals surface area (Å²) >= 11 is 0. The van der Waals surface area contributed by atoms with E-state index in [9.17, 15) is 0 Å². The molecule has 0 heteroatoms. The Labute approximate surface area is 183 Å². The van der Waals surface area contributed by atoms with Crippen LogP contribution in [0.2, 0.25) is 0 Å². The van der Waals surface area contributed by atoms with E-state index in [1.54, 1.807) is 0 Å². The Balaban J connectivity index is 1.62. The number of fused-ring (bicyclic) bond motifs is 9. The third kappa shape index (κ3) is 2.42. The predicted octanol–water partition coefficient (Wildman–Crippen LogP) is 7.42. The van der Waals surface area contributed by atoms with Crippen LogP contribution in [0.25, 0.3) is 22.3 Å². The molecule has 0 spiro atoms. The SMILES string of the molecule is c1ccc2c(c1)Cc1ccccc1C1=C2CC2=C1c1ccccc1Cc1ccccc12. The molecule has 31 heavy (non-hydrogen) atoms. The van der Waals surface area contributed by atoms with E-state index in [1.807, 2.05) is 0 Å². The first-order chi connectivity index (χ1) is 15.4. The van der Waals surface area contributed by atoms with Gasteiger partial charge in [-0.25, -0.2) is 0 Å². The summed E-state index contributed by atoms with van der Waals surface area (Å²) in [7, 11) is 0. The lowest BCUT2D eigenvalue weighted by Crippen LogP contribution is -1.97. The minimum absolute atomic E-state index is 1.00. The van der Waals surface area contributed by atoms with Crippen LogP contribution in [0.3, 0.4) is 0 Å². The van der Waals surface area contributed by atoms with Crippen molar-refractivity contribution in [3.63, 3.8) is 0 Å². The zero-order chi connectivity index (χ0) is 20.4. The van der Waals surface area contributed by atoms with Gasteiger partial charge in [-0.2, -0.15) is 0 Å². The molecule has 3 aliphatic carbocycles. The Morgan fingerprint density at radius 1 is 0.323 bits per heavy atom. The summed E-state index contributed by atoms with van der Waals surface area (Å²) in [6.07, 6.45) is 3.00. The zero-order valence-electron chi connectivity index (χ0n) is 17.4. The third-order valence-corrected chi connectivity index (χ3v) is 7.23. The van der Waals surface area contributed by atoms with Gasteiger partial charge in [0, 0.05) is 0 Å². The van der Waals surface area contributed by atoms with E-state index in [2.05, 4.69) is 97.1 Å². The molecule has 0 bridgehead atoms. The topological polar surface area (TPSA) is 0 Å². The van der Waals surface area contributed by atoms with Crippen molar-refractivity contribution in [2.45, 2.75) is 19.3 Å². The molecule has 0 fully saturated rings. The Kier molecular flexibility index (Phi) is 3.54. The van der Waals surface area contributed by atoms with Crippen molar-refractivity contribution in [3.8, 4) is 0 Å². The highest BCUT2D eigenvalue weighted by molar-refractivity contribution is 6.28. The summed E-state index contributed by atoms with van der Waals surface area (Å²) in [4.78, 5) is 0. The maximum atomic E-state index is 2.34. The summed E-state index contributed by atoms with van der Waals surface area (Å²) in [6.45, 7) is 0. The maximum absolute atomic E-state index is 2.34. The van der Waals surface area contributed by atoms with Crippen molar-refractivity contribution in [2.24, 2.45) is 0 Å². The molecule has 4 aromatic carbocycles. The average Bonchev–Trinajstić information content (AvgIpc) is 3.06. The Bertz CT molecular complexity index is 1330. The van der Waals surface area contributed by atoms with E-state index in [0.29, 0.717) is 0 Å². The zero-order valence-corrected chi connectivity index (χ0v) is 17.4. The summed E-state index contributed by atoms with van der Waals surface area (Å²) in [6, 6.07) is 36.2. The van der Waals surface area contributed by atoms with Crippen molar-refractivity contribution in [1.82, 2.24) is 0 Å². The van der Waals surface area contributed by atoms with E-state index in [-0.39, 0.29) is 0 Å². The lowest BCUT2D eigenvalue weighted by Gasteiger charge is -2.16. The molecule has 0 atom stereocenters. The number of hydrogen-bond acceptors (Lipinski definition) is 0. The van der Waals surface area contributed by atoms with Gasteiger partial charge in [0.05, 0.1) is 0 Å². The first-order valence-electron chi connectivity index (χ1n) is 11.2. The highest BCUT2D eigenvalue weighted by atomic mass is 14.4. The molecule has 0 radical (unpaired) electrons. The van der Waals surface area contributed by atoms with Crippen molar-refractivity contribution < 1.29 is 0 Å². The van der Waals surface area contributed by atoms with Crippen LogP contribution in [0.5, 0.6) is 0 Å². The predicted molar refractivity (Wildman–Crippen MR) is 130 cm³/mol. The van der Waals surface area contributed by atoms with Gasteiger partial charge >= 0.3 is 0 Å². The van der Waals surface area contributed by atoms with Crippen LogP contribution in [0.15, 0.2) is 97.1 Å². The van der Waals surface area contributed by atoms with Gasteiger partial charge in [0.25, 0.3) is 0 Å². The van der Waals surface area contributed by atoms with E-state index in [1.165, 1.54) is 66.8 Å². The van der Waals surface area contributed by atoms with Crippen LogP contribution in [0.4, 0.5) is 0 Å².